The molecule has 0 aromatic heterocycles. The highest BCUT2D eigenvalue weighted by Gasteiger charge is 2.17. The number of para-hydroxylation sites is 1. The fourth-order valence-electron chi connectivity index (χ4n) is 4.37. The molecule has 0 heterocycles. The Bertz CT molecular complexity index is 1520. The number of ketones is 1. The molecule has 0 aliphatic carbocycles. The Morgan fingerprint density at radius 3 is 1.95 bits per heavy atom. The van der Waals surface area contributed by atoms with Crippen molar-refractivity contribution in [3.05, 3.63) is 137 Å². The second-order valence-electron chi connectivity index (χ2n) is 9.59. The fourth-order valence-corrected chi connectivity index (χ4v) is 4.37. The molecule has 202 valence electrons. The van der Waals surface area contributed by atoms with Crippen LogP contribution in [0.2, 0.25) is 0 Å². The molecule has 0 fully saturated rings. The van der Waals surface area contributed by atoms with E-state index < -0.39 is 5.97 Å². The molecule has 4 rings (SSSR count). The van der Waals surface area contributed by atoms with Gasteiger partial charge in [0.05, 0.1) is 19.9 Å². The summed E-state index contributed by atoms with van der Waals surface area (Å²) in [4.78, 5) is 30.8. The van der Waals surface area contributed by atoms with E-state index in [1.165, 1.54) is 12.7 Å². The first kappa shape index (κ1) is 28.2. The predicted molar refractivity (Wildman–Crippen MR) is 161 cm³/mol. The molecule has 40 heavy (non-hydrogen) atoms. The molecule has 0 unspecified atom stereocenters. The lowest BCUT2D eigenvalue weighted by Crippen LogP contribution is -2.15. The number of hydrogen-bond donors (Lipinski definition) is 0. The standard InChI is InChI=1S/C35H33NO4/c1-24(2)25-14-16-26(17-15-25)30(27-18-20-29(39-3)21-19-27)22-23-33(35(38)40-4)36-32-13-9-8-12-31(32)34(37)28-10-6-5-7-11-28/h5-22,24H,23H2,1-4H3. The lowest BCUT2D eigenvalue weighted by molar-refractivity contribution is -0.132. The number of benzene rings is 4. The van der Waals surface area contributed by atoms with Crippen molar-refractivity contribution < 1.29 is 19.1 Å². The Kier molecular flexibility index (Phi) is 9.42. The van der Waals surface area contributed by atoms with Gasteiger partial charge in [0.1, 0.15) is 11.5 Å². The van der Waals surface area contributed by atoms with Crippen LogP contribution in [-0.2, 0) is 9.53 Å². The van der Waals surface area contributed by atoms with Gasteiger partial charge in [-0.2, -0.15) is 0 Å². The number of carbonyl (C=O) groups excluding carboxylic acids is 2. The monoisotopic (exact) mass is 531 g/mol. The summed E-state index contributed by atoms with van der Waals surface area (Å²) in [6.45, 7) is 4.32. The summed E-state index contributed by atoms with van der Waals surface area (Å²) in [6, 6.07) is 32.3. The van der Waals surface area contributed by atoms with Gasteiger partial charge in [-0.15, -0.1) is 0 Å². The Balaban J connectivity index is 1.76. The van der Waals surface area contributed by atoms with E-state index in [2.05, 4.69) is 43.1 Å². The third kappa shape index (κ3) is 6.80. The van der Waals surface area contributed by atoms with Gasteiger partial charge in [-0.3, -0.25) is 4.79 Å². The maximum atomic E-state index is 13.2. The molecule has 0 atom stereocenters. The smallest absolute Gasteiger partial charge is 0.352 e. The molecule has 0 N–H and O–H groups in total. The third-order valence-corrected chi connectivity index (χ3v) is 6.65. The summed E-state index contributed by atoms with van der Waals surface area (Å²) in [7, 11) is 2.97. The Hall–Kier alpha value is -4.77. The number of carbonyl (C=O) groups is 2. The Morgan fingerprint density at radius 1 is 0.750 bits per heavy atom. The molecule has 0 radical (unpaired) electrons. The number of ether oxygens (including phenoxy) is 2. The van der Waals surface area contributed by atoms with Crippen molar-refractivity contribution in [3.8, 4) is 5.75 Å². The largest absolute Gasteiger partial charge is 0.497 e. The molecule has 0 bridgehead atoms. The minimum atomic E-state index is -0.553. The number of aliphatic imine (C=N–C) groups is 1. The highest BCUT2D eigenvalue weighted by atomic mass is 16.5. The summed E-state index contributed by atoms with van der Waals surface area (Å²) in [6.07, 6.45) is 2.18. The molecular weight excluding hydrogens is 498 g/mol. The lowest BCUT2D eigenvalue weighted by Gasteiger charge is -2.13. The zero-order chi connectivity index (χ0) is 28.5. The number of nitrogens with zero attached hydrogens (tertiary/aromatic N) is 1. The minimum Gasteiger partial charge on any atom is -0.497 e. The molecule has 5 heteroatoms. The number of esters is 1. The average Bonchev–Trinajstić information content (AvgIpc) is 3.01. The van der Waals surface area contributed by atoms with E-state index in [1.54, 1.807) is 43.5 Å². The van der Waals surface area contributed by atoms with Crippen LogP contribution in [0.3, 0.4) is 0 Å². The first-order chi connectivity index (χ1) is 19.4. The van der Waals surface area contributed by atoms with Gasteiger partial charge in [0.25, 0.3) is 0 Å². The van der Waals surface area contributed by atoms with Crippen LogP contribution in [0.1, 0.15) is 58.8 Å². The van der Waals surface area contributed by atoms with Crippen LogP contribution in [-0.4, -0.2) is 31.7 Å². The maximum absolute atomic E-state index is 13.2. The fraction of sp³-hybridized carbons (Fsp3) is 0.171. The molecule has 4 aromatic carbocycles. The van der Waals surface area contributed by atoms with Gasteiger partial charge >= 0.3 is 5.97 Å². The van der Waals surface area contributed by atoms with Crippen LogP contribution >= 0.6 is 0 Å². The summed E-state index contributed by atoms with van der Waals surface area (Å²) >= 11 is 0. The number of methoxy groups -OCH3 is 2. The van der Waals surface area contributed by atoms with E-state index in [9.17, 15) is 9.59 Å². The molecule has 0 saturated heterocycles. The summed E-state index contributed by atoms with van der Waals surface area (Å²) < 4.78 is 10.4. The Morgan fingerprint density at radius 2 is 1.35 bits per heavy atom. The van der Waals surface area contributed by atoms with Crippen molar-refractivity contribution in [1.82, 2.24) is 0 Å². The summed E-state index contributed by atoms with van der Waals surface area (Å²) in [5.41, 5.74) is 5.76. The van der Waals surface area contributed by atoms with Crippen LogP contribution in [0.5, 0.6) is 5.75 Å². The van der Waals surface area contributed by atoms with Crippen molar-refractivity contribution in [3.63, 3.8) is 0 Å². The highest BCUT2D eigenvalue weighted by molar-refractivity contribution is 6.37. The van der Waals surface area contributed by atoms with Crippen molar-refractivity contribution in [2.24, 2.45) is 4.99 Å². The van der Waals surface area contributed by atoms with Crippen LogP contribution in [0.25, 0.3) is 5.57 Å². The van der Waals surface area contributed by atoms with Gasteiger partial charge in [-0.25, -0.2) is 9.79 Å². The molecule has 0 aliphatic heterocycles. The molecule has 0 amide bonds. The average molecular weight is 532 g/mol. The molecule has 0 spiro atoms. The minimum absolute atomic E-state index is 0.163. The zero-order valence-corrected chi connectivity index (χ0v) is 23.3. The first-order valence-corrected chi connectivity index (χ1v) is 13.2. The third-order valence-electron chi connectivity index (χ3n) is 6.65. The van der Waals surface area contributed by atoms with E-state index in [-0.39, 0.29) is 17.9 Å². The topological polar surface area (TPSA) is 65.0 Å². The molecule has 0 saturated carbocycles. The second kappa shape index (κ2) is 13.3. The molecule has 5 nitrogen and oxygen atoms in total. The number of allylic oxidation sites excluding steroid dienone is 1. The molecule has 4 aromatic rings. The van der Waals surface area contributed by atoms with Crippen molar-refractivity contribution in [2.45, 2.75) is 26.2 Å². The molecule has 0 aliphatic rings. The van der Waals surface area contributed by atoms with Crippen LogP contribution < -0.4 is 4.74 Å². The van der Waals surface area contributed by atoms with Crippen LogP contribution in [0.4, 0.5) is 5.69 Å². The summed E-state index contributed by atoms with van der Waals surface area (Å²) in [5.74, 6) is 0.459. The Labute approximate surface area is 235 Å². The van der Waals surface area contributed by atoms with E-state index in [0.29, 0.717) is 22.7 Å². The predicted octanol–water partition coefficient (Wildman–Crippen LogP) is 7.82. The van der Waals surface area contributed by atoms with E-state index >= 15 is 0 Å². The van der Waals surface area contributed by atoms with Gasteiger partial charge in [0.2, 0.25) is 0 Å². The van der Waals surface area contributed by atoms with Crippen molar-refractivity contribution in [2.75, 3.05) is 14.2 Å². The van der Waals surface area contributed by atoms with Gasteiger partial charge in [-0.05, 0) is 52.4 Å². The number of rotatable bonds is 10. The van der Waals surface area contributed by atoms with Crippen LogP contribution in [0.15, 0.2) is 114 Å². The van der Waals surface area contributed by atoms with Crippen molar-refractivity contribution in [1.29, 1.82) is 0 Å². The zero-order valence-electron chi connectivity index (χ0n) is 23.3. The van der Waals surface area contributed by atoms with Gasteiger partial charge in [0, 0.05) is 17.5 Å². The first-order valence-electron chi connectivity index (χ1n) is 13.2. The number of hydrogen-bond acceptors (Lipinski definition) is 5. The van der Waals surface area contributed by atoms with Gasteiger partial charge in [-0.1, -0.05) is 98.8 Å². The van der Waals surface area contributed by atoms with E-state index in [0.717, 1.165) is 22.4 Å². The van der Waals surface area contributed by atoms with Gasteiger partial charge < -0.3 is 9.47 Å². The normalized spacial score (nSPS) is 11.8. The van der Waals surface area contributed by atoms with E-state index in [4.69, 9.17) is 9.47 Å². The van der Waals surface area contributed by atoms with E-state index in [1.807, 2.05) is 48.5 Å². The summed E-state index contributed by atoms with van der Waals surface area (Å²) in [5, 5.41) is 0. The van der Waals surface area contributed by atoms with Crippen molar-refractivity contribution >= 4 is 28.7 Å². The SMILES string of the molecule is COC(=O)C(CC=C(c1ccc(OC)cc1)c1ccc(C(C)C)cc1)=Nc1ccccc1C(=O)c1ccccc1. The quantitative estimate of drug-likeness (QED) is 0.119. The second-order valence-corrected chi connectivity index (χ2v) is 9.59. The van der Waals surface area contributed by atoms with Crippen LogP contribution in [0, 0.1) is 0 Å². The lowest BCUT2D eigenvalue weighted by atomic mass is 9.93. The highest BCUT2D eigenvalue weighted by Crippen LogP contribution is 2.28. The maximum Gasteiger partial charge on any atom is 0.352 e. The van der Waals surface area contributed by atoms with Gasteiger partial charge in [0.15, 0.2) is 5.78 Å². The molecular formula is C35H33NO4.